The molecule has 6 heteroatoms. The Morgan fingerprint density at radius 2 is 2.00 bits per heavy atom. The average molecular weight is 285 g/mol. The summed E-state index contributed by atoms with van der Waals surface area (Å²) in [5.74, 6) is 0.743. The van der Waals surface area contributed by atoms with Crippen LogP contribution >= 0.6 is 23.2 Å². The SMILES string of the molecule is CC(C)c1c(N)nnn1Cc1ccc(Cl)c(Cl)c1. The van der Waals surface area contributed by atoms with E-state index in [1.165, 1.54) is 0 Å². The first-order chi connectivity index (χ1) is 8.49. The van der Waals surface area contributed by atoms with Crippen molar-refractivity contribution in [3.05, 3.63) is 39.5 Å². The average Bonchev–Trinajstić information content (AvgIpc) is 2.65. The van der Waals surface area contributed by atoms with Crippen LogP contribution in [0.15, 0.2) is 18.2 Å². The molecule has 0 fully saturated rings. The summed E-state index contributed by atoms with van der Waals surface area (Å²) in [7, 11) is 0. The number of nitrogens with zero attached hydrogens (tertiary/aromatic N) is 3. The van der Waals surface area contributed by atoms with Crippen LogP contribution in [-0.2, 0) is 6.54 Å². The molecule has 0 aliphatic rings. The number of hydrogen-bond acceptors (Lipinski definition) is 3. The lowest BCUT2D eigenvalue weighted by Gasteiger charge is -2.10. The Morgan fingerprint density at radius 3 is 2.61 bits per heavy atom. The monoisotopic (exact) mass is 284 g/mol. The maximum Gasteiger partial charge on any atom is 0.169 e. The van der Waals surface area contributed by atoms with Gasteiger partial charge in [0.25, 0.3) is 0 Å². The highest BCUT2D eigenvalue weighted by atomic mass is 35.5. The first-order valence-electron chi connectivity index (χ1n) is 5.62. The molecule has 96 valence electrons. The van der Waals surface area contributed by atoms with Crippen molar-refractivity contribution >= 4 is 29.0 Å². The Morgan fingerprint density at radius 1 is 1.28 bits per heavy atom. The van der Waals surface area contributed by atoms with E-state index in [4.69, 9.17) is 28.9 Å². The fourth-order valence-corrected chi connectivity index (χ4v) is 2.18. The van der Waals surface area contributed by atoms with Crippen molar-refractivity contribution in [3.63, 3.8) is 0 Å². The second-order valence-corrected chi connectivity index (χ2v) is 5.24. The molecule has 0 saturated heterocycles. The molecule has 2 N–H and O–H groups in total. The van der Waals surface area contributed by atoms with E-state index in [2.05, 4.69) is 24.2 Å². The van der Waals surface area contributed by atoms with Crippen LogP contribution < -0.4 is 5.73 Å². The molecule has 4 nitrogen and oxygen atoms in total. The number of hydrogen-bond donors (Lipinski definition) is 1. The highest BCUT2D eigenvalue weighted by Gasteiger charge is 2.14. The summed E-state index contributed by atoms with van der Waals surface area (Å²) in [5.41, 5.74) is 7.75. The minimum absolute atomic E-state index is 0.266. The van der Waals surface area contributed by atoms with E-state index in [-0.39, 0.29) is 5.92 Å². The minimum Gasteiger partial charge on any atom is -0.381 e. The molecule has 1 aromatic heterocycles. The predicted octanol–water partition coefficient (Wildman–Crippen LogP) is 3.34. The number of aromatic nitrogens is 3. The summed E-state index contributed by atoms with van der Waals surface area (Å²) in [6.07, 6.45) is 0. The van der Waals surface area contributed by atoms with Gasteiger partial charge < -0.3 is 5.73 Å². The number of nitrogens with two attached hydrogens (primary N) is 1. The van der Waals surface area contributed by atoms with E-state index in [1.54, 1.807) is 10.7 Å². The summed E-state index contributed by atoms with van der Waals surface area (Å²) in [5, 5.41) is 9.04. The summed E-state index contributed by atoms with van der Waals surface area (Å²) < 4.78 is 1.79. The molecule has 1 heterocycles. The van der Waals surface area contributed by atoms with Crippen LogP contribution in [-0.4, -0.2) is 15.0 Å². The normalized spacial score (nSPS) is 11.2. The third kappa shape index (κ3) is 2.60. The summed E-state index contributed by atoms with van der Waals surface area (Å²) in [6.45, 7) is 4.69. The van der Waals surface area contributed by atoms with Gasteiger partial charge in [0, 0.05) is 0 Å². The summed E-state index contributed by atoms with van der Waals surface area (Å²) in [4.78, 5) is 0. The molecule has 0 atom stereocenters. The van der Waals surface area contributed by atoms with Crippen LogP contribution in [0.25, 0.3) is 0 Å². The molecule has 0 saturated carbocycles. The summed E-state index contributed by atoms with van der Waals surface area (Å²) >= 11 is 11.9. The van der Waals surface area contributed by atoms with Crippen molar-refractivity contribution in [2.24, 2.45) is 0 Å². The molecule has 0 radical (unpaired) electrons. The Labute approximate surface area is 116 Å². The molecular weight excluding hydrogens is 271 g/mol. The van der Waals surface area contributed by atoms with Crippen LogP contribution in [0.5, 0.6) is 0 Å². The number of halogens is 2. The lowest BCUT2D eigenvalue weighted by molar-refractivity contribution is 0.598. The van der Waals surface area contributed by atoms with E-state index < -0.39 is 0 Å². The standard InChI is InChI=1S/C12H14Cl2N4/c1-7(2)11-12(15)16-17-18(11)6-8-3-4-9(13)10(14)5-8/h3-5,7H,6,15H2,1-2H3. The first kappa shape index (κ1) is 13.2. The van der Waals surface area contributed by atoms with Gasteiger partial charge in [0.05, 0.1) is 22.3 Å². The van der Waals surface area contributed by atoms with Gasteiger partial charge in [-0.2, -0.15) is 0 Å². The highest BCUT2D eigenvalue weighted by molar-refractivity contribution is 6.42. The second kappa shape index (κ2) is 5.16. The molecule has 0 unspecified atom stereocenters. The predicted molar refractivity (Wildman–Crippen MR) is 74.1 cm³/mol. The molecular formula is C12H14Cl2N4. The zero-order valence-corrected chi connectivity index (χ0v) is 11.7. The Bertz CT molecular complexity index is 563. The van der Waals surface area contributed by atoms with Crippen molar-refractivity contribution in [2.45, 2.75) is 26.3 Å². The maximum absolute atomic E-state index is 5.99. The fraction of sp³-hybridized carbons (Fsp3) is 0.333. The third-order valence-electron chi connectivity index (χ3n) is 2.66. The van der Waals surface area contributed by atoms with E-state index >= 15 is 0 Å². The van der Waals surface area contributed by atoms with Crippen molar-refractivity contribution in [1.82, 2.24) is 15.0 Å². The maximum atomic E-state index is 5.99. The molecule has 0 bridgehead atoms. The zero-order chi connectivity index (χ0) is 13.3. The Kier molecular flexibility index (Phi) is 3.78. The van der Waals surface area contributed by atoms with E-state index in [0.717, 1.165) is 11.3 Å². The smallest absolute Gasteiger partial charge is 0.169 e. The topological polar surface area (TPSA) is 56.7 Å². The fourth-order valence-electron chi connectivity index (χ4n) is 1.86. The van der Waals surface area contributed by atoms with Gasteiger partial charge >= 0.3 is 0 Å². The number of rotatable bonds is 3. The zero-order valence-electron chi connectivity index (χ0n) is 10.2. The van der Waals surface area contributed by atoms with Gasteiger partial charge in [-0.15, -0.1) is 5.10 Å². The number of anilines is 1. The highest BCUT2D eigenvalue weighted by Crippen LogP contribution is 2.24. The molecule has 0 amide bonds. The van der Waals surface area contributed by atoms with Crippen molar-refractivity contribution in [3.8, 4) is 0 Å². The van der Waals surface area contributed by atoms with Crippen molar-refractivity contribution in [2.75, 3.05) is 5.73 Å². The van der Waals surface area contributed by atoms with Gasteiger partial charge in [0.2, 0.25) is 0 Å². The minimum atomic E-state index is 0.266. The van der Waals surface area contributed by atoms with Gasteiger partial charge in [-0.3, -0.25) is 0 Å². The van der Waals surface area contributed by atoms with Crippen LogP contribution in [0.4, 0.5) is 5.82 Å². The molecule has 0 spiro atoms. The van der Waals surface area contributed by atoms with E-state index in [0.29, 0.717) is 22.4 Å². The largest absolute Gasteiger partial charge is 0.381 e. The van der Waals surface area contributed by atoms with Crippen LogP contribution in [0, 0.1) is 0 Å². The molecule has 0 aliphatic heterocycles. The van der Waals surface area contributed by atoms with Crippen molar-refractivity contribution in [1.29, 1.82) is 0 Å². The van der Waals surface area contributed by atoms with Crippen molar-refractivity contribution < 1.29 is 0 Å². The van der Waals surface area contributed by atoms with E-state index in [1.807, 2.05) is 12.1 Å². The number of benzene rings is 1. The Hall–Kier alpha value is -1.26. The van der Waals surface area contributed by atoms with Gasteiger partial charge in [-0.1, -0.05) is 48.3 Å². The van der Waals surface area contributed by atoms with Gasteiger partial charge in [0.1, 0.15) is 0 Å². The molecule has 0 aliphatic carbocycles. The summed E-state index contributed by atoms with van der Waals surface area (Å²) in [6, 6.07) is 5.51. The molecule has 2 rings (SSSR count). The number of nitrogen functional groups attached to an aromatic ring is 1. The lowest BCUT2D eigenvalue weighted by atomic mass is 10.1. The Balaban J connectivity index is 2.31. The molecule has 1 aromatic carbocycles. The first-order valence-corrected chi connectivity index (χ1v) is 6.37. The molecule has 18 heavy (non-hydrogen) atoms. The van der Waals surface area contributed by atoms with E-state index in [9.17, 15) is 0 Å². The van der Waals surface area contributed by atoms with Crippen LogP contribution in [0.1, 0.15) is 31.0 Å². The quantitative estimate of drug-likeness (QED) is 0.941. The van der Waals surface area contributed by atoms with Crippen LogP contribution in [0.3, 0.4) is 0 Å². The third-order valence-corrected chi connectivity index (χ3v) is 3.40. The second-order valence-electron chi connectivity index (χ2n) is 4.42. The lowest BCUT2D eigenvalue weighted by Crippen LogP contribution is -2.08. The van der Waals surface area contributed by atoms with Crippen LogP contribution in [0.2, 0.25) is 10.0 Å². The van der Waals surface area contributed by atoms with Gasteiger partial charge in [-0.25, -0.2) is 4.68 Å². The van der Waals surface area contributed by atoms with Gasteiger partial charge in [0.15, 0.2) is 5.82 Å². The molecule has 2 aromatic rings. The van der Waals surface area contributed by atoms with Gasteiger partial charge in [-0.05, 0) is 23.6 Å².